The standard InChI is InChI=1S/C16H19NO3/c1-2-10-7-8-14(18)12(9-10)16(20)11-5-3-4-6-13(11)17-15(16)19/h3-6,10,12,20H,2,7-9H2,1H3,(H,17,19)/t10-,12-,16+/m0/s1. The number of benzene rings is 1. The van der Waals surface area contributed by atoms with E-state index in [9.17, 15) is 14.7 Å². The number of rotatable bonds is 2. The van der Waals surface area contributed by atoms with E-state index >= 15 is 0 Å². The molecule has 0 radical (unpaired) electrons. The Kier molecular flexibility index (Phi) is 3.13. The number of anilines is 1. The Balaban J connectivity index is 2.03. The van der Waals surface area contributed by atoms with Gasteiger partial charge in [-0.2, -0.15) is 0 Å². The van der Waals surface area contributed by atoms with Crippen LogP contribution >= 0.6 is 0 Å². The third-order valence-electron chi connectivity index (χ3n) is 4.77. The molecule has 4 nitrogen and oxygen atoms in total. The predicted octanol–water partition coefficient (Wildman–Crippen LogP) is 2.22. The molecule has 0 spiro atoms. The van der Waals surface area contributed by atoms with Crippen LogP contribution < -0.4 is 5.32 Å². The molecular weight excluding hydrogens is 254 g/mol. The molecule has 1 fully saturated rings. The maximum atomic E-state index is 12.3. The Bertz CT molecular complexity index is 569. The van der Waals surface area contributed by atoms with Crippen molar-refractivity contribution in [3.63, 3.8) is 0 Å². The first kappa shape index (κ1) is 13.3. The maximum absolute atomic E-state index is 12.3. The van der Waals surface area contributed by atoms with Crippen LogP contribution in [0.15, 0.2) is 24.3 Å². The topological polar surface area (TPSA) is 66.4 Å². The summed E-state index contributed by atoms with van der Waals surface area (Å²) < 4.78 is 0. The summed E-state index contributed by atoms with van der Waals surface area (Å²) in [4.78, 5) is 24.5. The normalized spacial score (nSPS) is 32.9. The van der Waals surface area contributed by atoms with E-state index < -0.39 is 17.4 Å². The number of hydrogen-bond donors (Lipinski definition) is 2. The Morgan fingerprint density at radius 3 is 2.85 bits per heavy atom. The van der Waals surface area contributed by atoms with Crippen molar-refractivity contribution in [3.8, 4) is 0 Å². The number of carbonyl (C=O) groups is 2. The van der Waals surface area contributed by atoms with Crippen LogP contribution in [0.4, 0.5) is 5.69 Å². The van der Waals surface area contributed by atoms with Gasteiger partial charge in [0, 0.05) is 17.7 Å². The summed E-state index contributed by atoms with van der Waals surface area (Å²) in [7, 11) is 0. The largest absolute Gasteiger partial charge is 0.375 e. The van der Waals surface area contributed by atoms with Gasteiger partial charge in [0.25, 0.3) is 5.91 Å². The molecule has 2 aliphatic rings. The van der Waals surface area contributed by atoms with Gasteiger partial charge in [0.2, 0.25) is 0 Å². The summed E-state index contributed by atoms with van der Waals surface area (Å²) in [5.74, 6) is -0.676. The minimum absolute atomic E-state index is 0.00375. The molecule has 1 aromatic carbocycles. The van der Waals surface area contributed by atoms with E-state index in [1.165, 1.54) is 0 Å². The molecule has 0 aromatic heterocycles. The summed E-state index contributed by atoms with van der Waals surface area (Å²) in [5.41, 5.74) is -0.534. The SMILES string of the molecule is CC[C@H]1CCC(=O)[C@@H]([C@@]2(O)C(=O)Nc3ccccc32)C1. The lowest BCUT2D eigenvalue weighted by atomic mass is 9.69. The van der Waals surface area contributed by atoms with Crippen molar-refractivity contribution in [3.05, 3.63) is 29.8 Å². The highest BCUT2D eigenvalue weighted by Gasteiger charge is 2.54. The van der Waals surface area contributed by atoms with Crippen LogP contribution in [0.25, 0.3) is 0 Å². The Labute approximate surface area is 118 Å². The molecular formula is C16H19NO3. The van der Waals surface area contributed by atoms with Crippen molar-refractivity contribution in [2.24, 2.45) is 11.8 Å². The molecule has 1 saturated carbocycles. The van der Waals surface area contributed by atoms with Gasteiger partial charge in [0.05, 0.1) is 5.92 Å². The number of amides is 1. The number of para-hydroxylation sites is 1. The van der Waals surface area contributed by atoms with Gasteiger partial charge >= 0.3 is 0 Å². The van der Waals surface area contributed by atoms with Gasteiger partial charge in [0.1, 0.15) is 5.78 Å². The zero-order chi connectivity index (χ0) is 14.3. The van der Waals surface area contributed by atoms with Crippen molar-refractivity contribution in [1.82, 2.24) is 0 Å². The Morgan fingerprint density at radius 2 is 2.10 bits per heavy atom. The maximum Gasteiger partial charge on any atom is 0.261 e. The minimum Gasteiger partial charge on any atom is -0.375 e. The number of aliphatic hydroxyl groups is 1. The zero-order valence-electron chi connectivity index (χ0n) is 11.6. The average molecular weight is 273 g/mol. The summed E-state index contributed by atoms with van der Waals surface area (Å²) in [6, 6.07) is 7.09. The molecule has 1 aromatic rings. The molecule has 1 heterocycles. The molecule has 1 amide bonds. The molecule has 106 valence electrons. The summed E-state index contributed by atoms with van der Waals surface area (Å²) >= 11 is 0. The van der Waals surface area contributed by atoms with E-state index in [4.69, 9.17) is 0 Å². The van der Waals surface area contributed by atoms with E-state index in [1.807, 2.05) is 6.07 Å². The lowest BCUT2D eigenvalue weighted by molar-refractivity contribution is -0.152. The van der Waals surface area contributed by atoms with Crippen molar-refractivity contribution < 1.29 is 14.7 Å². The lowest BCUT2D eigenvalue weighted by Crippen LogP contribution is -2.47. The van der Waals surface area contributed by atoms with Crippen LogP contribution in [0.2, 0.25) is 0 Å². The lowest BCUT2D eigenvalue weighted by Gasteiger charge is -2.35. The Hall–Kier alpha value is -1.68. The first-order chi connectivity index (χ1) is 9.57. The van der Waals surface area contributed by atoms with Crippen LogP contribution in [0.1, 0.15) is 38.2 Å². The van der Waals surface area contributed by atoms with Gasteiger partial charge in [-0.3, -0.25) is 9.59 Å². The molecule has 0 unspecified atom stereocenters. The molecule has 2 N–H and O–H groups in total. The fourth-order valence-electron chi connectivity index (χ4n) is 3.49. The van der Waals surface area contributed by atoms with Crippen molar-refractivity contribution in [2.75, 3.05) is 5.32 Å². The number of ketones is 1. The third-order valence-corrected chi connectivity index (χ3v) is 4.77. The zero-order valence-corrected chi connectivity index (χ0v) is 11.6. The number of carbonyl (C=O) groups excluding carboxylic acids is 2. The molecule has 4 heteroatoms. The summed E-state index contributed by atoms with van der Waals surface area (Å²) in [6.07, 6.45) is 2.89. The number of fused-ring (bicyclic) bond motifs is 1. The summed E-state index contributed by atoms with van der Waals surface area (Å²) in [5, 5.41) is 13.7. The molecule has 3 rings (SSSR count). The van der Waals surface area contributed by atoms with E-state index in [1.54, 1.807) is 18.2 Å². The van der Waals surface area contributed by atoms with Crippen molar-refractivity contribution >= 4 is 17.4 Å². The monoisotopic (exact) mass is 273 g/mol. The van der Waals surface area contributed by atoms with Gasteiger partial charge in [-0.05, 0) is 24.8 Å². The van der Waals surface area contributed by atoms with Gasteiger partial charge in [-0.1, -0.05) is 31.5 Å². The van der Waals surface area contributed by atoms with E-state index in [-0.39, 0.29) is 5.78 Å². The van der Waals surface area contributed by atoms with E-state index in [0.717, 1.165) is 12.8 Å². The fourth-order valence-corrected chi connectivity index (χ4v) is 3.49. The first-order valence-corrected chi connectivity index (χ1v) is 7.23. The average Bonchev–Trinajstić information content (AvgIpc) is 2.72. The van der Waals surface area contributed by atoms with Crippen LogP contribution in [-0.2, 0) is 15.2 Å². The minimum atomic E-state index is -1.69. The fraction of sp³-hybridized carbons (Fsp3) is 0.500. The molecule has 1 aliphatic heterocycles. The molecule has 3 atom stereocenters. The quantitative estimate of drug-likeness (QED) is 0.868. The molecule has 1 aliphatic carbocycles. The van der Waals surface area contributed by atoms with Gasteiger partial charge in [0.15, 0.2) is 5.60 Å². The van der Waals surface area contributed by atoms with Crippen LogP contribution in [0.3, 0.4) is 0 Å². The van der Waals surface area contributed by atoms with Crippen molar-refractivity contribution in [2.45, 2.75) is 38.2 Å². The number of nitrogens with one attached hydrogen (secondary N) is 1. The van der Waals surface area contributed by atoms with Gasteiger partial charge < -0.3 is 10.4 Å². The number of Topliss-reactive ketones (excluding diaryl/α,β-unsaturated/α-hetero) is 1. The summed E-state index contributed by atoms with van der Waals surface area (Å²) in [6.45, 7) is 2.09. The molecule has 20 heavy (non-hydrogen) atoms. The Morgan fingerprint density at radius 1 is 1.35 bits per heavy atom. The first-order valence-electron chi connectivity index (χ1n) is 7.23. The van der Waals surface area contributed by atoms with Gasteiger partial charge in [-0.15, -0.1) is 0 Å². The van der Waals surface area contributed by atoms with Crippen LogP contribution in [0, 0.1) is 11.8 Å². The van der Waals surface area contributed by atoms with Crippen LogP contribution in [-0.4, -0.2) is 16.8 Å². The third kappa shape index (κ3) is 1.79. The second-order valence-electron chi connectivity index (χ2n) is 5.83. The second kappa shape index (κ2) is 4.70. The highest BCUT2D eigenvalue weighted by atomic mass is 16.3. The van der Waals surface area contributed by atoms with Crippen molar-refractivity contribution in [1.29, 1.82) is 0 Å². The number of hydrogen-bond acceptors (Lipinski definition) is 3. The highest BCUT2D eigenvalue weighted by Crippen LogP contribution is 2.46. The van der Waals surface area contributed by atoms with E-state index in [2.05, 4.69) is 12.2 Å². The predicted molar refractivity (Wildman–Crippen MR) is 75.1 cm³/mol. The molecule has 0 bridgehead atoms. The molecule has 0 saturated heterocycles. The highest BCUT2D eigenvalue weighted by molar-refractivity contribution is 6.08. The van der Waals surface area contributed by atoms with Crippen LogP contribution in [0.5, 0.6) is 0 Å². The van der Waals surface area contributed by atoms with Gasteiger partial charge in [-0.25, -0.2) is 0 Å². The smallest absolute Gasteiger partial charge is 0.261 e. The second-order valence-corrected chi connectivity index (χ2v) is 5.83. The van der Waals surface area contributed by atoms with E-state index in [0.29, 0.717) is 30.0 Å².